The number of methoxy groups -OCH3 is 1. The maximum Gasteiger partial charge on any atom is 0.251 e. The van der Waals surface area contributed by atoms with E-state index in [4.69, 9.17) is 4.74 Å². The van der Waals surface area contributed by atoms with Crippen molar-refractivity contribution in [3.8, 4) is 11.4 Å². The van der Waals surface area contributed by atoms with Crippen LogP contribution in [0.4, 0.5) is 5.69 Å². The predicted octanol–water partition coefficient (Wildman–Crippen LogP) is 3.96. The molecule has 1 aromatic heterocycles. The van der Waals surface area contributed by atoms with Crippen LogP contribution in [0.2, 0.25) is 0 Å². The Labute approximate surface area is 238 Å². The van der Waals surface area contributed by atoms with Gasteiger partial charge in [0.15, 0.2) is 11.0 Å². The van der Waals surface area contributed by atoms with Gasteiger partial charge in [0.2, 0.25) is 5.91 Å². The van der Waals surface area contributed by atoms with Gasteiger partial charge >= 0.3 is 0 Å². The van der Waals surface area contributed by atoms with Gasteiger partial charge in [-0.2, -0.15) is 0 Å². The number of thioether (sulfide) groups is 1. The fourth-order valence-corrected chi connectivity index (χ4v) is 5.48. The number of carbonyl (C=O) groups excluding carboxylic acids is 2. The van der Waals surface area contributed by atoms with Crippen LogP contribution >= 0.6 is 11.8 Å². The number of anilines is 1. The molecule has 0 unspecified atom stereocenters. The first-order valence-electron chi connectivity index (χ1n) is 13.2. The number of aryl methyl sites for hydroxylation is 1. The number of para-hydroxylation sites is 1. The molecule has 1 saturated heterocycles. The molecule has 0 aliphatic carbocycles. The topological polar surface area (TPSA) is 92.6 Å². The number of benzene rings is 3. The van der Waals surface area contributed by atoms with E-state index in [9.17, 15) is 9.59 Å². The highest BCUT2D eigenvalue weighted by atomic mass is 32.2. The lowest BCUT2D eigenvalue weighted by molar-refractivity contribution is -0.128. The fourth-order valence-electron chi connectivity index (χ4n) is 4.61. The van der Waals surface area contributed by atoms with Gasteiger partial charge in [-0.1, -0.05) is 42.1 Å². The number of amides is 2. The van der Waals surface area contributed by atoms with Gasteiger partial charge in [0.25, 0.3) is 5.91 Å². The minimum Gasteiger partial charge on any atom is -0.497 e. The van der Waals surface area contributed by atoms with Crippen molar-refractivity contribution in [3.63, 3.8) is 0 Å². The van der Waals surface area contributed by atoms with Crippen LogP contribution in [0.1, 0.15) is 21.7 Å². The molecule has 3 aromatic carbocycles. The zero-order valence-electron chi connectivity index (χ0n) is 22.6. The number of nitrogens with zero attached hydrogens (tertiary/aromatic N) is 5. The van der Waals surface area contributed by atoms with Crippen molar-refractivity contribution < 1.29 is 14.3 Å². The Hall–Kier alpha value is -4.31. The monoisotopic (exact) mass is 556 g/mol. The highest BCUT2D eigenvalue weighted by Gasteiger charge is 2.23. The Morgan fingerprint density at radius 1 is 0.900 bits per heavy atom. The molecule has 0 saturated carbocycles. The Balaban J connectivity index is 1.25. The van der Waals surface area contributed by atoms with Gasteiger partial charge in [0.1, 0.15) is 5.75 Å². The van der Waals surface area contributed by atoms with Crippen molar-refractivity contribution in [2.45, 2.75) is 18.6 Å². The SMILES string of the molecule is COc1ccc(C(=O)NCc2nnc(SCC(=O)N3CCN(c4ccccc4)CC3)n2-c2cccc(C)c2)cc1. The first-order chi connectivity index (χ1) is 19.5. The number of carbonyl (C=O) groups is 2. The number of hydrogen-bond acceptors (Lipinski definition) is 7. The third-order valence-corrected chi connectivity index (χ3v) is 7.71. The highest BCUT2D eigenvalue weighted by molar-refractivity contribution is 7.99. The third-order valence-electron chi connectivity index (χ3n) is 6.80. The Bertz CT molecular complexity index is 1450. The lowest BCUT2D eigenvalue weighted by Crippen LogP contribution is -2.49. The van der Waals surface area contributed by atoms with E-state index < -0.39 is 0 Å². The second-order valence-corrected chi connectivity index (χ2v) is 10.4. The van der Waals surface area contributed by atoms with E-state index in [0.717, 1.165) is 24.3 Å². The molecule has 2 amide bonds. The molecule has 1 aliphatic heterocycles. The summed E-state index contributed by atoms with van der Waals surface area (Å²) in [6.07, 6.45) is 0. The smallest absolute Gasteiger partial charge is 0.251 e. The summed E-state index contributed by atoms with van der Waals surface area (Å²) in [5, 5.41) is 12.3. The molecule has 9 nitrogen and oxygen atoms in total. The summed E-state index contributed by atoms with van der Waals surface area (Å²) < 4.78 is 7.08. The predicted molar refractivity (Wildman–Crippen MR) is 156 cm³/mol. The second-order valence-electron chi connectivity index (χ2n) is 9.48. The molecule has 206 valence electrons. The summed E-state index contributed by atoms with van der Waals surface area (Å²) in [6, 6.07) is 25.2. The molecule has 1 aliphatic rings. The van der Waals surface area contributed by atoms with Crippen molar-refractivity contribution in [1.29, 1.82) is 0 Å². The van der Waals surface area contributed by atoms with Crippen molar-refractivity contribution in [3.05, 3.63) is 95.8 Å². The molecule has 1 N–H and O–H groups in total. The minimum absolute atomic E-state index is 0.0749. The molecular formula is C30H32N6O3S. The van der Waals surface area contributed by atoms with Gasteiger partial charge in [-0.25, -0.2) is 0 Å². The van der Waals surface area contributed by atoms with Gasteiger partial charge in [-0.15, -0.1) is 10.2 Å². The number of aromatic nitrogens is 3. The van der Waals surface area contributed by atoms with Crippen LogP contribution in [0, 0.1) is 6.92 Å². The van der Waals surface area contributed by atoms with Gasteiger partial charge in [0, 0.05) is 43.1 Å². The highest BCUT2D eigenvalue weighted by Crippen LogP contribution is 2.24. The van der Waals surface area contributed by atoms with E-state index in [1.165, 1.54) is 17.4 Å². The van der Waals surface area contributed by atoms with Crippen LogP contribution in [0.3, 0.4) is 0 Å². The molecule has 40 heavy (non-hydrogen) atoms. The molecule has 10 heteroatoms. The molecule has 0 bridgehead atoms. The number of ether oxygens (including phenoxy) is 1. The number of nitrogens with one attached hydrogen (secondary N) is 1. The third kappa shape index (κ3) is 6.45. The van der Waals surface area contributed by atoms with Crippen molar-refractivity contribution in [2.24, 2.45) is 0 Å². The molecule has 2 heterocycles. The van der Waals surface area contributed by atoms with Crippen molar-refractivity contribution in [1.82, 2.24) is 25.0 Å². The zero-order valence-corrected chi connectivity index (χ0v) is 23.4. The van der Waals surface area contributed by atoms with E-state index >= 15 is 0 Å². The van der Waals surface area contributed by atoms with Crippen LogP contribution in [-0.2, 0) is 11.3 Å². The lowest BCUT2D eigenvalue weighted by atomic mass is 10.2. The average Bonchev–Trinajstić information content (AvgIpc) is 3.42. The second kappa shape index (κ2) is 12.7. The molecule has 0 spiro atoms. The van der Waals surface area contributed by atoms with Gasteiger partial charge in [-0.3, -0.25) is 14.2 Å². The molecule has 0 atom stereocenters. The molecule has 1 fully saturated rings. The van der Waals surface area contributed by atoms with Crippen LogP contribution in [0.25, 0.3) is 5.69 Å². The van der Waals surface area contributed by atoms with Crippen LogP contribution in [0.15, 0.2) is 84.0 Å². The van der Waals surface area contributed by atoms with E-state index in [-0.39, 0.29) is 24.1 Å². The maximum atomic E-state index is 13.1. The van der Waals surface area contributed by atoms with E-state index in [2.05, 4.69) is 32.5 Å². The average molecular weight is 557 g/mol. The van der Waals surface area contributed by atoms with Crippen LogP contribution < -0.4 is 15.0 Å². The zero-order chi connectivity index (χ0) is 27.9. The maximum absolute atomic E-state index is 13.1. The van der Waals surface area contributed by atoms with E-state index in [0.29, 0.717) is 35.4 Å². The minimum atomic E-state index is -0.222. The van der Waals surface area contributed by atoms with Crippen molar-refractivity contribution >= 4 is 29.3 Å². The molecule has 4 aromatic rings. The van der Waals surface area contributed by atoms with E-state index in [1.54, 1.807) is 31.4 Å². The van der Waals surface area contributed by atoms with Crippen LogP contribution in [-0.4, -0.2) is 70.5 Å². The number of piperazine rings is 1. The normalized spacial score (nSPS) is 13.2. The lowest BCUT2D eigenvalue weighted by Gasteiger charge is -2.36. The van der Waals surface area contributed by atoms with E-state index in [1.807, 2.05) is 58.9 Å². The summed E-state index contributed by atoms with van der Waals surface area (Å²) in [6.45, 7) is 5.17. The van der Waals surface area contributed by atoms with Crippen molar-refractivity contribution in [2.75, 3.05) is 43.9 Å². The summed E-state index contributed by atoms with van der Waals surface area (Å²) in [4.78, 5) is 30.1. The molecular weight excluding hydrogens is 524 g/mol. The first-order valence-corrected chi connectivity index (χ1v) is 14.1. The number of hydrogen-bond donors (Lipinski definition) is 1. The Kier molecular flexibility index (Phi) is 8.65. The molecule has 0 radical (unpaired) electrons. The quantitative estimate of drug-likeness (QED) is 0.312. The fraction of sp³-hybridized carbons (Fsp3) is 0.267. The largest absolute Gasteiger partial charge is 0.497 e. The number of rotatable bonds is 9. The van der Waals surface area contributed by atoms with Gasteiger partial charge in [0.05, 0.1) is 19.4 Å². The first kappa shape index (κ1) is 27.3. The Morgan fingerprint density at radius 2 is 1.62 bits per heavy atom. The summed E-state index contributed by atoms with van der Waals surface area (Å²) in [5.41, 5.74) is 3.67. The van der Waals surface area contributed by atoms with Gasteiger partial charge < -0.3 is 19.9 Å². The van der Waals surface area contributed by atoms with Crippen LogP contribution in [0.5, 0.6) is 5.75 Å². The summed E-state index contributed by atoms with van der Waals surface area (Å²) in [5.74, 6) is 1.38. The Morgan fingerprint density at radius 3 is 2.33 bits per heavy atom. The van der Waals surface area contributed by atoms with Gasteiger partial charge in [-0.05, 0) is 61.0 Å². The summed E-state index contributed by atoms with van der Waals surface area (Å²) in [7, 11) is 1.59. The summed E-state index contributed by atoms with van der Waals surface area (Å²) >= 11 is 1.36. The standard InChI is InChI=1S/C30H32N6O3S/c1-22-7-6-10-25(19-22)36-27(20-31-29(38)23-11-13-26(39-2)14-12-23)32-33-30(36)40-21-28(37)35-17-15-34(16-18-35)24-8-4-3-5-9-24/h3-14,19H,15-18,20-21H2,1-2H3,(H,31,38). The molecule has 5 rings (SSSR count).